The van der Waals surface area contributed by atoms with Gasteiger partial charge >= 0.3 is 17.8 Å². The van der Waals surface area contributed by atoms with Gasteiger partial charge in [0.1, 0.15) is 0 Å². The molecule has 0 aliphatic carbocycles. The molecule has 1 saturated heterocycles. The fourth-order valence-corrected chi connectivity index (χ4v) is 3.32. The number of aromatic nitrogens is 4. The summed E-state index contributed by atoms with van der Waals surface area (Å²) >= 11 is 0. The molecule has 11 nitrogen and oxygen atoms in total. The molecule has 0 aromatic carbocycles. The maximum atomic E-state index is 13.2. The van der Waals surface area contributed by atoms with Crippen molar-refractivity contribution in [1.29, 1.82) is 0 Å². The molecule has 1 aliphatic heterocycles. The van der Waals surface area contributed by atoms with E-state index in [1.807, 2.05) is 0 Å². The van der Waals surface area contributed by atoms with Gasteiger partial charge in [-0.05, 0) is 13.8 Å². The molecule has 2 aromatic heterocycles. The number of ether oxygens (including phenoxy) is 1. The van der Waals surface area contributed by atoms with E-state index in [1.54, 1.807) is 18.7 Å². The Bertz CT molecular complexity index is 1200. The van der Waals surface area contributed by atoms with Crippen LogP contribution in [0.15, 0.2) is 9.59 Å². The first-order valence-corrected chi connectivity index (χ1v) is 10.2. The summed E-state index contributed by atoms with van der Waals surface area (Å²) < 4.78 is 46.0. The summed E-state index contributed by atoms with van der Waals surface area (Å²) in [5.74, 6) is 3.11. The van der Waals surface area contributed by atoms with Gasteiger partial charge in [0.05, 0.1) is 19.7 Å². The number of halogens is 3. The first-order valence-electron chi connectivity index (χ1n) is 10.2. The van der Waals surface area contributed by atoms with Crippen molar-refractivity contribution in [3.63, 3.8) is 0 Å². The summed E-state index contributed by atoms with van der Waals surface area (Å²) in [6, 6.07) is 0. The number of anilines is 1. The first kappa shape index (κ1) is 24.3. The number of carbonyl (C=O) groups excluding carboxylic acids is 1. The minimum Gasteiger partial charge on any atom is -0.380 e. The Morgan fingerprint density at radius 1 is 1.21 bits per heavy atom. The van der Waals surface area contributed by atoms with Crippen molar-refractivity contribution in [2.45, 2.75) is 33.1 Å². The molecule has 33 heavy (non-hydrogen) atoms. The van der Waals surface area contributed by atoms with E-state index in [0.29, 0.717) is 37.4 Å². The highest BCUT2D eigenvalue weighted by atomic mass is 19.4. The van der Waals surface area contributed by atoms with E-state index < -0.39 is 29.0 Å². The summed E-state index contributed by atoms with van der Waals surface area (Å²) in [6.45, 7) is 5.45. The number of imidazole rings is 1. The zero-order chi connectivity index (χ0) is 24.2. The van der Waals surface area contributed by atoms with Crippen LogP contribution >= 0.6 is 0 Å². The van der Waals surface area contributed by atoms with Crippen molar-refractivity contribution in [3.05, 3.63) is 20.8 Å². The van der Waals surface area contributed by atoms with Crippen LogP contribution in [0.4, 0.5) is 19.1 Å². The number of fused-ring (bicyclic) bond motifs is 1. The van der Waals surface area contributed by atoms with Gasteiger partial charge in [-0.3, -0.25) is 13.9 Å². The highest BCUT2D eigenvalue weighted by Crippen LogP contribution is 2.21. The quantitative estimate of drug-likeness (QED) is 0.418. The average molecular weight is 472 g/mol. The summed E-state index contributed by atoms with van der Waals surface area (Å²) in [5, 5.41) is 3.16. The van der Waals surface area contributed by atoms with E-state index in [0.717, 1.165) is 0 Å². The fourth-order valence-electron chi connectivity index (χ4n) is 3.32. The van der Waals surface area contributed by atoms with Crippen LogP contribution in [0.5, 0.6) is 0 Å². The van der Waals surface area contributed by atoms with Gasteiger partial charge in [0.2, 0.25) is 11.6 Å². The lowest BCUT2D eigenvalue weighted by Gasteiger charge is -2.28. The van der Waals surface area contributed by atoms with E-state index >= 15 is 0 Å². The number of nitrogens with one attached hydrogen (secondary N) is 1. The monoisotopic (exact) mass is 472 g/mol. The lowest BCUT2D eigenvalue weighted by molar-refractivity contribution is -0.200. The predicted molar refractivity (Wildman–Crippen MR) is 111 cm³/mol. The van der Waals surface area contributed by atoms with Gasteiger partial charge in [0, 0.05) is 32.8 Å². The van der Waals surface area contributed by atoms with Gasteiger partial charge in [0.25, 0.3) is 5.56 Å². The van der Waals surface area contributed by atoms with Gasteiger partial charge < -0.3 is 19.8 Å². The molecule has 180 valence electrons. The Kier molecular flexibility index (Phi) is 7.44. The molecular weight excluding hydrogens is 449 g/mol. The molecule has 0 amide bonds. The van der Waals surface area contributed by atoms with E-state index in [9.17, 15) is 27.6 Å². The number of nitrogens with zero attached hydrogens (tertiary/aromatic N) is 5. The third-order valence-electron chi connectivity index (χ3n) is 4.86. The van der Waals surface area contributed by atoms with Crippen molar-refractivity contribution in [1.82, 2.24) is 24.2 Å². The molecule has 14 heteroatoms. The molecule has 1 N–H and O–H groups in total. The molecule has 0 radical (unpaired) electrons. The van der Waals surface area contributed by atoms with Crippen LogP contribution in [0.3, 0.4) is 0 Å². The molecule has 1 aliphatic rings. The molecule has 2 aromatic rings. The van der Waals surface area contributed by atoms with Crippen LogP contribution in [0.25, 0.3) is 11.2 Å². The molecule has 0 atom stereocenters. The van der Waals surface area contributed by atoms with Crippen molar-refractivity contribution in [2.24, 2.45) is 0 Å². The molecule has 3 heterocycles. The molecule has 0 saturated carbocycles. The molecule has 0 bridgehead atoms. The number of hydrogen-bond donors (Lipinski definition) is 1. The average Bonchev–Trinajstić information content (AvgIpc) is 3.16. The smallest absolute Gasteiger partial charge is 0.380 e. The van der Waals surface area contributed by atoms with Crippen LogP contribution in [0.1, 0.15) is 13.8 Å². The number of carbonyl (C=O) groups is 1. The first-order chi connectivity index (χ1) is 15.7. The van der Waals surface area contributed by atoms with Crippen molar-refractivity contribution in [3.8, 4) is 11.8 Å². The molecule has 3 rings (SSSR count). The third kappa shape index (κ3) is 5.04. The number of rotatable bonds is 7. The summed E-state index contributed by atoms with van der Waals surface area (Å²) in [5.41, 5.74) is -2.79. The van der Waals surface area contributed by atoms with Crippen molar-refractivity contribution < 1.29 is 27.5 Å². The van der Waals surface area contributed by atoms with Gasteiger partial charge in [-0.15, -0.1) is 5.92 Å². The van der Waals surface area contributed by atoms with Crippen molar-refractivity contribution in [2.75, 3.05) is 44.3 Å². The second-order valence-electron chi connectivity index (χ2n) is 6.94. The number of hydrogen-bond acceptors (Lipinski definition) is 8. The zero-order valence-corrected chi connectivity index (χ0v) is 18.1. The Morgan fingerprint density at radius 2 is 1.91 bits per heavy atom. The lowest BCUT2D eigenvalue weighted by Crippen LogP contribution is -2.46. The standard InChI is InChI=1S/C19H23F3N6O5/c1-3-5-8-26-13-14(24-17(26)25-9-6-23-7-10-25)28(33-16(30)19(20,21)22)18(31)27(15(13)29)11-12-32-4-2/h23H,4,6-12H2,1-2H3. The summed E-state index contributed by atoms with van der Waals surface area (Å²) in [4.78, 5) is 48.1. The second-order valence-corrected chi connectivity index (χ2v) is 6.94. The number of alkyl halides is 3. The maximum Gasteiger partial charge on any atom is 0.493 e. The van der Waals surface area contributed by atoms with Gasteiger partial charge in [-0.2, -0.15) is 18.2 Å². The normalized spacial score (nSPS) is 14.3. The highest BCUT2D eigenvalue weighted by Gasteiger charge is 2.43. The summed E-state index contributed by atoms with van der Waals surface area (Å²) in [7, 11) is 0. The Hall–Kier alpha value is -3.31. The lowest BCUT2D eigenvalue weighted by atomic mass is 10.4. The van der Waals surface area contributed by atoms with E-state index in [-0.39, 0.29) is 35.9 Å². The Morgan fingerprint density at radius 3 is 2.52 bits per heavy atom. The summed E-state index contributed by atoms with van der Waals surface area (Å²) in [6.07, 6.45) is -5.37. The SMILES string of the molecule is CC#CCn1c(N2CCNCC2)nc2c1c(=O)n(CCOCC)c(=O)n2OC(=O)C(F)(F)F. The Labute approximate surface area is 185 Å². The van der Waals surface area contributed by atoms with Crippen LogP contribution < -0.4 is 26.3 Å². The van der Waals surface area contributed by atoms with Gasteiger partial charge in [-0.1, -0.05) is 10.7 Å². The largest absolute Gasteiger partial charge is 0.493 e. The maximum absolute atomic E-state index is 13.2. The molecule has 0 spiro atoms. The Balaban J connectivity index is 2.30. The minimum atomic E-state index is -5.37. The third-order valence-corrected chi connectivity index (χ3v) is 4.86. The van der Waals surface area contributed by atoms with Gasteiger partial charge in [0.15, 0.2) is 5.52 Å². The van der Waals surface area contributed by atoms with Crippen molar-refractivity contribution >= 4 is 23.1 Å². The van der Waals surface area contributed by atoms with Crippen LogP contribution in [0.2, 0.25) is 0 Å². The van der Waals surface area contributed by atoms with Crippen LogP contribution in [-0.2, 0) is 22.6 Å². The zero-order valence-electron chi connectivity index (χ0n) is 18.1. The van der Waals surface area contributed by atoms with E-state index in [4.69, 9.17) is 4.74 Å². The highest BCUT2D eigenvalue weighted by molar-refractivity contribution is 5.78. The second kappa shape index (κ2) is 10.1. The number of piperazine rings is 1. The van der Waals surface area contributed by atoms with E-state index in [1.165, 1.54) is 4.57 Å². The van der Waals surface area contributed by atoms with Crippen LogP contribution in [-0.4, -0.2) is 70.4 Å². The topological polar surface area (TPSA) is 113 Å². The molecule has 0 unspecified atom stereocenters. The fraction of sp³-hybridized carbons (Fsp3) is 0.579. The van der Waals surface area contributed by atoms with E-state index in [2.05, 4.69) is 27.0 Å². The van der Waals surface area contributed by atoms with Gasteiger partial charge in [-0.25, -0.2) is 9.59 Å². The van der Waals surface area contributed by atoms with Crippen LogP contribution in [0, 0.1) is 11.8 Å². The minimum absolute atomic E-state index is 0.0155. The molecular formula is C19H23F3N6O5. The molecule has 1 fully saturated rings. The predicted octanol–water partition coefficient (Wildman–Crippen LogP) is -0.653.